The van der Waals surface area contributed by atoms with Crippen LogP contribution in [0, 0.1) is 0 Å². The third-order valence-corrected chi connectivity index (χ3v) is 9.57. The Kier molecular flexibility index (Phi) is 5.10. The largest absolute Gasteiger partial charge is 0.309 e. The van der Waals surface area contributed by atoms with Crippen LogP contribution in [-0.4, -0.2) is 9.55 Å². The van der Waals surface area contributed by atoms with Crippen molar-refractivity contribution in [3.05, 3.63) is 146 Å². The fraction of sp³-hybridized carbons (Fsp3) is 0. The van der Waals surface area contributed by atoms with Gasteiger partial charge in [-0.15, -0.1) is 11.3 Å². The number of hydrogen-bond donors (Lipinski definition) is 0. The second-order valence-electron chi connectivity index (χ2n) is 10.8. The Morgan fingerprint density at radius 3 is 1.98 bits per heavy atom. The van der Waals surface area contributed by atoms with E-state index in [1.54, 1.807) is 0 Å². The zero-order valence-corrected chi connectivity index (χ0v) is 23.5. The van der Waals surface area contributed by atoms with Gasteiger partial charge in [-0.3, -0.25) is 0 Å². The number of para-hydroxylation sites is 3. The molecule has 9 aromatic rings. The fourth-order valence-corrected chi connectivity index (χ4v) is 7.69. The van der Waals surface area contributed by atoms with Crippen molar-refractivity contribution in [1.29, 1.82) is 0 Å². The minimum absolute atomic E-state index is 1.04. The maximum absolute atomic E-state index is 5.19. The molecule has 0 aliphatic rings. The number of thiophene rings is 1. The molecular formula is C39H24N2S. The lowest BCUT2D eigenvalue weighted by Gasteiger charge is -2.09. The molecule has 0 atom stereocenters. The van der Waals surface area contributed by atoms with Crippen LogP contribution >= 0.6 is 11.3 Å². The molecule has 42 heavy (non-hydrogen) atoms. The van der Waals surface area contributed by atoms with Crippen molar-refractivity contribution in [1.82, 2.24) is 9.55 Å². The van der Waals surface area contributed by atoms with Crippen LogP contribution in [0.4, 0.5) is 0 Å². The van der Waals surface area contributed by atoms with Crippen molar-refractivity contribution in [2.45, 2.75) is 0 Å². The summed E-state index contributed by atoms with van der Waals surface area (Å²) in [5.41, 5.74) is 9.26. The molecule has 0 N–H and O–H groups in total. The summed E-state index contributed by atoms with van der Waals surface area (Å²) in [4.78, 5) is 5.19. The minimum atomic E-state index is 1.04. The zero-order chi connectivity index (χ0) is 27.6. The van der Waals surface area contributed by atoms with Gasteiger partial charge in [0.1, 0.15) is 0 Å². The second-order valence-corrected chi connectivity index (χ2v) is 11.8. The highest BCUT2D eigenvalue weighted by molar-refractivity contribution is 7.26. The van der Waals surface area contributed by atoms with Gasteiger partial charge in [0.15, 0.2) is 0 Å². The monoisotopic (exact) mass is 552 g/mol. The quantitative estimate of drug-likeness (QED) is 0.213. The highest BCUT2D eigenvalue weighted by atomic mass is 32.1. The first-order chi connectivity index (χ1) is 20.8. The number of pyridine rings is 1. The molecule has 3 heterocycles. The lowest BCUT2D eigenvalue weighted by atomic mass is 9.99. The average molecular weight is 553 g/mol. The van der Waals surface area contributed by atoms with Gasteiger partial charge in [-0.05, 0) is 53.6 Å². The van der Waals surface area contributed by atoms with Gasteiger partial charge in [0.05, 0.1) is 26.9 Å². The third kappa shape index (κ3) is 3.47. The number of aromatic nitrogens is 2. The van der Waals surface area contributed by atoms with Gasteiger partial charge in [-0.2, -0.15) is 0 Å². The lowest BCUT2D eigenvalue weighted by molar-refractivity contribution is 1.18. The molecule has 0 aliphatic heterocycles. The van der Waals surface area contributed by atoms with Crippen LogP contribution in [0.5, 0.6) is 0 Å². The molecule has 9 rings (SSSR count). The van der Waals surface area contributed by atoms with E-state index in [-0.39, 0.29) is 0 Å². The van der Waals surface area contributed by atoms with E-state index in [4.69, 9.17) is 4.98 Å². The number of hydrogen-bond acceptors (Lipinski definition) is 2. The fourth-order valence-electron chi connectivity index (χ4n) is 6.46. The molecule has 0 spiro atoms. The molecule has 0 unspecified atom stereocenters. The van der Waals surface area contributed by atoms with Crippen molar-refractivity contribution >= 4 is 64.2 Å². The van der Waals surface area contributed by atoms with E-state index in [1.165, 1.54) is 64.2 Å². The Hall–Kier alpha value is -5.25. The summed E-state index contributed by atoms with van der Waals surface area (Å²) in [6.07, 6.45) is 0. The zero-order valence-electron chi connectivity index (χ0n) is 22.7. The number of benzene rings is 6. The summed E-state index contributed by atoms with van der Waals surface area (Å²) in [6.45, 7) is 0. The van der Waals surface area contributed by atoms with E-state index < -0.39 is 0 Å². The van der Waals surface area contributed by atoms with Crippen LogP contribution in [0.2, 0.25) is 0 Å². The highest BCUT2D eigenvalue weighted by Crippen LogP contribution is 2.43. The van der Waals surface area contributed by atoms with Crippen molar-refractivity contribution in [2.24, 2.45) is 0 Å². The SMILES string of the molecule is c1ccc(-n2c3ccccc3c3cc(-c4ccc(-c5nc6ccccc6c6c5sc5ccccc56)cc4)ccc32)cc1. The Morgan fingerprint density at radius 1 is 0.476 bits per heavy atom. The molecule has 196 valence electrons. The molecule has 0 amide bonds. The van der Waals surface area contributed by atoms with E-state index in [9.17, 15) is 0 Å². The summed E-state index contributed by atoms with van der Waals surface area (Å²) in [5.74, 6) is 0. The molecule has 0 fully saturated rings. The van der Waals surface area contributed by atoms with E-state index in [0.717, 1.165) is 16.8 Å². The van der Waals surface area contributed by atoms with Gasteiger partial charge in [0.25, 0.3) is 0 Å². The van der Waals surface area contributed by atoms with Crippen LogP contribution < -0.4 is 0 Å². The van der Waals surface area contributed by atoms with Gasteiger partial charge in [-0.25, -0.2) is 4.98 Å². The van der Waals surface area contributed by atoms with Crippen molar-refractivity contribution in [2.75, 3.05) is 0 Å². The van der Waals surface area contributed by atoms with Crippen LogP contribution in [0.25, 0.3) is 81.0 Å². The molecule has 3 heteroatoms. The maximum Gasteiger partial charge on any atom is 0.0888 e. The van der Waals surface area contributed by atoms with Gasteiger partial charge in [0, 0.05) is 42.9 Å². The minimum Gasteiger partial charge on any atom is -0.309 e. The Morgan fingerprint density at radius 2 is 1.12 bits per heavy atom. The van der Waals surface area contributed by atoms with Crippen LogP contribution in [0.3, 0.4) is 0 Å². The van der Waals surface area contributed by atoms with E-state index in [1.807, 2.05) is 11.3 Å². The van der Waals surface area contributed by atoms with E-state index >= 15 is 0 Å². The van der Waals surface area contributed by atoms with E-state index in [0.29, 0.717) is 0 Å². The summed E-state index contributed by atoms with van der Waals surface area (Å²) in [5, 5.41) is 6.35. The average Bonchev–Trinajstić information content (AvgIpc) is 3.61. The standard InChI is InChI=1S/C39H24N2S/c1-2-10-28(11-3-1)41-34-16-8-5-12-29(34)32-24-27(22-23-35(32)41)25-18-20-26(21-19-25)38-39-37(30-13-4-7-15-33(30)40-38)31-14-6-9-17-36(31)42-39/h1-24H. The van der Waals surface area contributed by atoms with Crippen LogP contribution in [-0.2, 0) is 0 Å². The molecule has 0 saturated heterocycles. The summed E-state index contributed by atoms with van der Waals surface area (Å²) in [6, 6.07) is 52.3. The third-order valence-electron chi connectivity index (χ3n) is 8.39. The predicted octanol–water partition coefficient (Wildman–Crippen LogP) is 11.0. The molecule has 2 nitrogen and oxygen atoms in total. The summed E-state index contributed by atoms with van der Waals surface area (Å²) in [7, 11) is 0. The molecular weight excluding hydrogens is 529 g/mol. The number of fused-ring (bicyclic) bond motifs is 8. The first kappa shape index (κ1) is 23.5. The number of rotatable bonds is 3. The maximum atomic E-state index is 5.19. The molecule has 3 aromatic heterocycles. The highest BCUT2D eigenvalue weighted by Gasteiger charge is 2.16. The second kappa shape index (κ2) is 9.13. The normalized spacial score (nSPS) is 11.8. The topological polar surface area (TPSA) is 17.8 Å². The summed E-state index contributed by atoms with van der Waals surface area (Å²) >= 11 is 1.84. The van der Waals surface area contributed by atoms with Gasteiger partial charge < -0.3 is 4.57 Å². The van der Waals surface area contributed by atoms with Crippen molar-refractivity contribution in [3.8, 4) is 28.1 Å². The van der Waals surface area contributed by atoms with Crippen LogP contribution in [0.15, 0.2) is 146 Å². The van der Waals surface area contributed by atoms with Gasteiger partial charge in [-0.1, -0.05) is 103 Å². The van der Waals surface area contributed by atoms with Crippen molar-refractivity contribution < 1.29 is 0 Å². The van der Waals surface area contributed by atoms with Gasteiger partial charge in [0.2, 0.25) is 0 Å². The molecule has 0 saturated carbocycles. The van der Waals surface area contributed by atoms with Crippen LogP contribution in [0.1, 0.15) is 0 Å². The summed E-state index contributed by atoms with van der Waals surface area (Å²) < 4.78 is 4.91. The van der Waals surface area contributed by atoms with Crippen molar-refractivity contribution in [3.63, 3.8) is 0 Å². The molecule has 0 bridgehead atoms. The Bertz CT molecular complexity index is 2450. The van der Waals surface area contributed by atoms with E-state index in [2.05, 4.69) is 150 Å². The molecule has 6 aromatic carbocycles. The van der Waals surface area contributed by atoms with Gasteiger partial charge >= 0.3 is 0 Å². The smallest absolute Gasteiger partial charge is 0.0888 e. The first-order valence-electron chi connectivity index (χ1n) is 14.2. The number of nitrogens with zero attached hydrogens (tertiary/aromatic N) is 2. The Labute approximate surface area is 246 Å². The lowest BCUT2D eigenvalue weighted by Crippen LogP contribution is -1.92. The Balaban J connectivity index is 1.19. The predicted molar refractivity (Wildman–Crippen MR) is 180 cm³/mol. The molecule has 0 radical (unpaired) electrons. The first-order valence-corrected chi connectivity index (χ1v) is 15.0. The molecule has 0 aliphatic carbocycles.